The lowest BCUT2D eigenvalue weighted by Crippen LogP contribution is -2.32. The number of amides is 2. The van der Waals surface area contributed by atoms with Crippen LogP contribution in [0.3, 0.4) is 0 Å². The van der Waals surface area contributed by atoms with Gasteiger partial charge in [-0.1, -0.05) is 51.1 Å². The highest BCUT2D eigenvalue weighted by atomic mass is 16.3. The molecule has 1 aliphatic rings. The van der Waals surface area contributed by atoms with E-state index in [1.54, 1.807) is 18.2 Å². The summed E-state index contributed by atoms with van der Waals surface area (Å²) in [6.45, 7) is 6.31. The molecular weight excluding hydrogens is 352 g/mol. The van der Waals surface area contributed by atoms with Crippen LogP contribution in [-0.2, 0) is 21.4 Å². The molecule has 28 heavy (non-hydrogen) atoms. The molecule has 2 aromatic rings. The van der Waals surface area contributed by atoms with Crippen LogP contribution in [0, 0.1) is 5.92 Å². The third kappa shape index (κ3) is 4.67. The SMILES string of the molecule is CC(C)(C)c1ccc(/C=C/C(=O)Nc2ccc3c(c2)NC(=O)C(CO)C3)cc1. The van der Waals surface area contributed by atoms with Gasteiger partial charge in [0.2, 0.25) is 11.8 Å². The van der Waals surface area contributed by atoms with Crippen molar-refractivity contribution in [2.24, 2.45) is 5.92 Å². The first-order chi connectivity index (χ1) is 13.3. The smallest absolute Gasteiger partial charge is 0.248 e. The van der Waals surface area contributed by atoms with Crippen molar-refractivity contribution in [1.29, 1.82) is 0 Å². The number of carbonyl (C=O) groups excluding carboxylic acids is 2. The van der Waals surface area contributed by atoms with E-state index in [1.165, 1.54) is 11.6 Å². The van der Waals surface area contributed by atoms with Crippen LogP contribution >= 0.6 is 0 Å². The lowest BCUT2D eigenvalue weighted by molar-refractivity contribution is -0.121. The van der Waals surface area contributed by atoms with E-state index >= 15 is 0 Å². The molecule has 0 spiro atoms. The number of carbonyl (C=O) groups is 2. The van der Waals surface area contributed by atoms with E-state index in [-0.39, 0.29) is 23.8 Å². The number of anilines is 2. The van der Waals surface area contributed by atoms with Crippen molar-refractivity contribution in [3.63, 3.8) is 0 Å². The second-order valence-corrected chi connectivity index (χ2v) is 8.14. The molecule has 3 N–H and O–H groups in total. The molecule has 1 aliphatic heterocycles. The minimum Gasteiger partial charge on any atom is -0.396 e. The van der Waals surface area contributed by atoms with Crippen molar-refractivity contribution in [2.75, 3.05) is 17.2 Å². The molecule has 146 valence electrons. The summed E-state index contributed by atoms with van der Waals surface area (Å²) in [6.07, 6.45) is 3.76. The van der Waals surface area contributed by atoms with Gasteiger partial charge in [0, 0.05) is 17.5 Å². The zero-order chi connectivity index (χ0) is 20.3. The fourth-order valence-corrected chi connectivity index (χ4v) is 3.14. The van der Waals surface area contributed by atoms with Crippen molar-refractivity contribution < 1.29 is 14.7 Å². The Morgan fingerprint density at radius 1 is 1.21 bits per heavy atom. The van der Waals surface area contributed by atoms with E-state index in [4.69, 9.17) is 0 Å². The lowest BCUT2D eigenvalue weighted by Gasteiger charge is -2.23. The number of fused-ring (bicyclic) bond motifs is 1. The van der Waals surface area contributed by atoms with Gasteiger partial charge in [-0.3, -0.25) is 9.59 Å². The van der Waals surface area contributed by atoms with Gasteiger partial charge < -0.3 is 15.7 Å². The molecule has 1 unspecified atom stereocenters. The maximum atomic E-state index is 12.2. The van der Waals surface area contributed by atoms with E-state index in [2.05, 4.69) is 43.5 Å². The number of nitrogens with one attached hydrogen (secondary N) is 2. The molecular formula is C23H26N2O3. The Bertz CT molecular complexity index is 908. The van der Waals surface area contributed by atoms with E-state index in [0.717, 1.165) is 11.1 Å². The van der Waals surface area contributed by atoms with Crippen LogP contribution in [0.4, 0.5) is 11.4 Å². The second-order valence-electron chi connectivity index (χ2n) is 8.14. The second kappa shape index (κ2) is 7.98. The van der Waals surface area contributed by atoms with Gasteiger partial charge >= 0.3 is 0 Å². The quantitative estimate of drug-likeness (QED) is 0.709. The highest BCUT2D eigenvalue weighted by Gasteiger charge is 2.25. The van der Waals surface area contributed by atoms with Crippen LogP contribution in [0.1, 0.15) is 37.5 Å². The summed E-state index contributed by atoms with van der Waals surface area (Å²) in [4.78, 5) is 24.1. The predicted octanol–water partition coefficient (Wildman–Crippen LogP) is 3.74. The van der Waals surface area contributed by atoms with Crippen LogP contribution in [0.15, 0.2) is 48.5 Å². The summed E-state index contributed by atoms with van der Waals surface area (Å²) in [5.74, 6) is -0.854. The molecule has 5 nitrogen and oxygen atoms in total. The van der Waals surface area contributed by atoms with Gasteiger partial charge in [0.05, 0.1) is 12.5 Å². The van der Waals surface area contributed by atoms with Gasteiger partial charge in [0.15, 0.2) is 0 Å². The van der Waals surface area contributed by atoms with Crippen LogP contribution < -0.4 is 10.6 Å². The predicted molar refractivity (Wildman–Crippen MR) is 112 cm³/mol. The summed E-state index contributed by atoms with van der Waals surface area (Å²) >= 11 is 0. The van der Waals surface area contributed by atoms with Gasteiger partial charge in [-0.15, -0.1) is 0 Å². The Balaban J connectivity index is 1.64. The van der Waals surface area contributed by atoms with E-state index < -0.39 is 5.92 Å². The Labute approximate surface area is 165 Å². The van der Waals surface area contributed by atoms with Gasteiger partial charge in [0.1, 0.15) is 0 Å². The zero-order valence-corrected chi connectivity index (χ0v) is 16.5. The highest BCUT2D eigenvalue weighted by Crippen LogP contribution is 2.28. The molecule has 2 amide bonds. The molecule has 3 rings (SSSR count). The Morgan fingerprint density at radius 2 is 1.93 bits per heavy atom. The van der Waals surface area contributed by atoms with Crippen LogP contribution in [-0.4, -0.2) is 23.5 Å². The van der Waals surface area contributed by atoms with Gasteiger partial charge in [0.25, 0.3) is 0 Å². The topological polar surface area (TPSA) is 78.4 Å². The van der Waals surface area contributed by atoms with Gasteiger partial charge in [-0.25, -0.2) is 0 Å². The van der Waals surface area contributed by atoms with E-state index in [1.807, 2.05) is 18.2 Å². The molecule has 1 atom stereocenters. The molecule has 0 aromatic heterocycles. The molecule has 0 aliphatic carbocycles. The third-order valence-corrected chi connectivity index (χ3v) is 4.90. The van der Waals surface area contributed by atoms with Crippen molar-refractivity contribution in [2.45, 2.75) is 32.6 Å². The number of aliphatic hydroxyl groups excluding tert-OH is 1. The summed E-state index contributed by atoms with van der Waals surface area (Å²) in [5.41, 5.74) is 4.53. The summed E-state index contributed by atoms with van der Waals surface area (Å²) in [6, 6.07) is 13.5. The lowest BCUT2D eigenvalue weighted by atomic mass is 9.87. The maximum absolute atomic E-state index is 12.2. The molecule has 0 radical (unpaired) electrons. The van der Waals surface area contributed by atoms with Crippen molar-refractivity contribution in [3.05, 3.63) is 65.2 Å². The molecule has 0 bridgehead atoms. The monoisotopic (exact) mass is 378 g/mol. The van der Waals surface area contributed by atoms with Crippen LogP contribution in [0.25, 0.3) is 6.08 Å². The van der Waals surface area contributed by atoms with Crippen molar-refractivity contribution in [3.8, 4) is 0 Å². The molecule has 1 heterocycles. The number of rotatable bonds is 4. The minimum absolute atomic E-state index is 0.0959. The first kappa shape index (κ1) is 19.8. The molecule has 0 fully saturated rings. The molecule has 2 aromatic carbocycles. The molecule has 0 saturated heterocycles. The molecule has 5 heteroatoms. The average Bonchev–Trinajstić information content (AvgIpc) is 2.65. The largest absolute Gasteiger partial charge is 0.396 e. The molecule has 0 saturated carbocycles. The van der Waals surface area contributed by atoms with Crippen LogP contribution in [0.2, 0.25) is 0 Å². The zero-order valence-electron chi connectivity index (χ0n) is 16.5. The average molecular weight is 378 g/mol. The minimum atomic E-state index is -0.416. The number of hydrogen-bond donors (Lipinski definition) is 3. The standard InChI is InChI=1S/C23H26N2O3/c1-23(2,3)18-8-4-15(5-9-18)6-11-21(27)24-19-10-7-16-12-17(14-26)22(28)25-20(16)13-19/h4-11,13,17,26H,12,14H2,1-3H3,(H,24,27)(H,25,28)/b11-6+. The number of benzene rings is 2. The number of hydrogen-bond acceptors (Lipinski definition) is 3. The fraction of sp³-hybridized carbons (Fsp3) is 0.304. The van der Waals surface area contributed by atoms with E-state index in [9.17, 15) is 14.7 Å². The first-order valence-corrected chi connectivity index (χ1v) is 9.40. The van der Waals surface area contributed by atoms with Gasteiger partial charge in [-0.2, -0.15) is 0 Å². The van der Waals surface area contributed by atoms with Crippen LogP contribution in [0.5, 0.6) is 0 Å². The fourth-order valence-electron chi connectivity index (χ4n) is 3.14. The van der Waals surface area contributed by atoms with Crippen molar-refractivity contribution >= 4 is 29.3 Å². The highest BCUT2D eigenvalue weighted by molar-refractivity contribution is 6.03. The first-order valence-electron chi connectivity index (χ1n) is 9.40. The Morgan fingerprint density at radius 3 is 2.57 bits per heavy atom. The Kier molecular flexibility index (Phi) is 5.66. The Hall–Kier alpha value is -2.92. The van der Waals surface area contributed by atoms with Crippen molar-refractivity contribution in [1.82, 2.24) is 0 Å². The maximum Gasteiger partial charge on any atom is 0.248 e. The number of aliphatic hydroxyl groups is 1. The summed E-state index contributed by atoms with van der Waals surface area (Å²) in [5, 5.41) is 14.8. The third-order valence-electron chi connectivity index (χ3n) is 4.90. The summed E-state index contributed by atoms with van der Waals surface area (Å²) in [7, 11) is 0. The normalized spacial score (nSPS) is 16.6. The van der Waals surface area contributed by atoms with Gasteiger partial charge in [-0.05, 0) is 46.7 Å². The summed E-state index contributed by atoms with van der Waals surface area (Å²) < 4.78 is 0. The van der Waals surface area contributed by atoms with E-state index in [0.29, 0.717) is 17.8 Å².